The molecule has 1 saturated heterocycles. The minimum Gasteiger partial charge on any atom is -0.384 e. The Morgan fingerprint density at radius 2 is 1.86 bits per heavy atom. The monoisotopic (exact) mass is 518 g/mol. The van der Waals surface area contributed by atoms with Gasteiger partial charge in [0.1, 0.15) is 4.91 Å². The average Bonchev–Trinajstić information content (AvgIpc) is 3.37. The molecular weight excluding hydrogens is 488 g/mol. The zero-order valence-electron chi connectivity index (χ0n) is 20.8. The summed E-state index contributed by atoms with van der Waals surface area (Å²) in [4.78, 5) is 37.0. The molecule has 1 N–H and O–H groups in total. The summed E-state index contributed by atoms with van der Waals surface area (Å²) in [5, 5.41) is 4.97. The van der Waals surface area contributed by atoms with Crippen molar-refractivity contribution in [3.8, 4) is 0 Å². The lowest BCUT2D eigenvalue weighted by molar-refractivity contribution is -0.122. The molecule has 3 aliphatic rings. The van der Waals surface area contributed by atoms with Crippen molar-refractivity contribution in [3.05, 3.63) is 80.2 Å². The summed E-state index contributed by atoms with van der Waals surface area (Å²) in [6.45, 7) is 4.74. The van der Waals surface area contributed by atoms with Gasteiger partial charge in [-0.25, -0.2) is 4.99 Å². The van der Waals surface area contributed by atoms with Crippen molar-refractivity contribution in [2.75, 3.05) is 18.9 Å². The van der Waals surface area contributed by atoms with Crippen molar-refractivity contribution in [2.24, 2.45) is 4.99 Å². The van der Waals surface area contributed by atoms with Crippen LogP contribution < -0.4 is 5.32 Å². The number of ketones is 1. The molecule has 0 radical (unpaired) electrons. The van der Waals surface area contributed by atoms with Crippen LogP contribution in [0.3, 0.4) is 0 Å². The highest BCUT2D eigenvalue weighted by Gasteiger charge is 2.40. The van der Waals surface area contributed by atoms with Crippen LogP contribution in [0.1, 0.15) is 55.5 Å². The van der Waals surface area contributed by atoms with Crippen molar-refractivity contribution < 1.29 is 9.59 Å². The smallest absolute Gasteiger partial charge is 0.269 e. The van der Waals surface area contributed by atoms with Gasteiger partial charge in [-0.05, 0) is 75.1 Å². The fourth-order valence-corrected chi connectivity index (χ4v) is 7.16. The van der Waals surface area contributed by atoms with E-state index in [0.717, 1.165) is 40.6 Å². The largest absolute Gasteiger partial charge is 0.384 e. The maximum absolute atomic E-state index is 13.9. The summed E-state index contributed by atoms with van der Waals surface area (Å²) >= 11 is 3.18. The molecular formula is C28H30N4O2S2. The van der Waals surface area contributed by atoms with Gasteiger partial charge in [0.05, 0.1) is 22.9 Å². The molecule has 0 aromatic heterocycles. The number of rotatable bonds is 6. The number of amides is 1. The lowest BCUT2D eigenvalue weighted by Gasteiger charge is -2.20. The Morgan fingerprint density at radius 3 is 2.58 bits per heavy atom. The van der Waals surface area contributed by atoms with Crippen molar-refractivity contribution in [1.29, 1.82) is 0 Å². The molecule has 0 spiro atoms. The number of thioether (sulfide) groups is 2. The zero-order chi connectivity index (χ0) is 25.2. The van der Waals surface area contributed by atoms with Crippen LogP contribution in [0.4, 0.5) is 11.4 Å². The number of allylic oxidation sites excluding steroid dienone is 2. The number of amidine groups is 1. The Kier molecular flexibility index (Phi) is 7.25. The number of aliphatic imine (C=N–C) groups is 1. The SMILES string of the molecule is CCNc1ccc(C(C)=O)cc1N=C1SC(=C2SC3=C(CCCC3)N2C)C(=O)N1Cc1ccccc1. The van der Waals surface area contributed by atoms with E-state index in [1.807, 2.05) is 49.4 Å². The molecule has 1 amide bonds. The average molecular weight is 519 g/mol. The predicted molar refractivity (Wildman–Crippen MR) is 150 cm³/mol. The van der Waals surface area contributed by atoms with Crippen LogP contribution in [-0.2, 0) is 11.3 Å². The molecule has 8 heteroatoms. The number of carbonyl (C=O) groups excluding carboxylic acids is 2. The zero-order valence-corrected chi connectivity index (χ0v) is 22.5. The van der Waals surface area contributed by atoms with Crippen molar-refractivity contribution in [2.45, 2.75) is 46.1 Å². The van der Waals surface area contributed by atoms with E-state index in [4.69, 9.17) is 4.99 Å². The number of nitrogens with zero attached hydrogens (tertiary/aromatic N) is 3. The van der Waals surface area contributed by atoms with Crippen LogP contribution in [0.2, 0.25) is 0 Å². The molecule has 5 rings (SSSR count). The number of Topliss-reactive ketones (excluding diaryl/α,β-unsaturated/α-hetero) is 1. The second kappa shape index (κ2) is 10.6. The van der Waals surface area contributed by atoms with Gasteiger partial charge in [-0.2, -0.15) is 0 Å². The molecule has 2 aromatic carbocycles. The van der Waals surface area contributed by atoms with Crippen LogP contribution >= 0.6 is 23.5 Å². The lowest BCUT2D eigenvalue weighted by Crippen LogP contribution is -2.29. The van der Waals surface area contributed by atoms with Gasteiger partial charge in [-0.15, -0.1) is 0 Å². The second-order valence-corrected chi connectivity index (χ2v) is 11.1. The molecule has 186 valence electrons. The summed E-state index contributed by atoms with van der Waals surface area (Å²) in [6, 6.07) is 15.5. The molecule has 0 unspecified atom stereocenters. The lowest BCUT2D eigenvalue weighted by atomic mass is 10.0. The van der Waals surface area contributed by atoms with Gasteiger partial charge in [-0.3, -0.25) is 14.5 Å². The maximum Gasteiger partial charge on any atom is 0.269 e. The highest BCUT2D eigenvalue weighted by Crippen LogP contribution is 2.51. The third-order valence-corrected chi connectivity index (χ3v) is 9.10. The first-order valence-electron chi connectivity index (χ1n) is 12.3. The van der Waals surface area contributed by atoms with Crippen molar-refractivity contribution in [1.82, 2.24) is 9.80 Å². The maximum atomic E-state index is 13.9. The van der Waals surface area contributed by atoms with Gasteiger partial charge < -0.3 is 10.2 Å². The van der Waals surface area contributed by atoms with Gasteiger partial charge in [0.2, 0.25) is 0 Å². The third kappa shape index (κ3) is 4.84. The Labute approximate surface area is 220 Å². The van der Waals surface area contributed by atoms with E-state index in [0.29, 0.717) is 23.0 Å². The molecule has 1 aliphatic carbocycles. The quantitative estimate of drug-likeness (QED) is 0.338. The number of anilines is 1. The fourth-order valence-electron chi connectivity index (χ4n) is 4.64. The molecule has 0 bridgehead atoms. The molecule has 36 heavy (non-hydrogen) atoms. The van der Waals surface area contributed by atoms with Crippen LogP contribution in [-0.4, -0.2) is 40.3 Å². The Bertz CT molecular complexity index is 1300. The molecule has 0 saturated carbocycles. The summed E-state index contributed by atoms with van der Waals surface area (Å²) < 4.78 is 0. The first kappa shape index (κ1) is 24.7. The highest BCUT2D eigenvalue weighted by atomic mass is 32.2. The van der Waals surface area contributed by atoms with Crippen molar-refractivity contribution in [3.63, 3.8) is 0 Å². The molecule has 2 heterocycles. The van der Waals surface area contributed by atoms with Gasteiger partial charge in [0.15, 0.2) is 11.0 Å². The number of carbonyl (C=O) groups is 2. The van der Waals surface area contributed by atoms with Crippen molar-refractivity contribution >= 4 is 51.8 Å². The fraction of sp³-hybridized carbons (Fsp3) is 0.321. The molecule has 1 fully saturated rings. The van der Waals surface area contributed by atoms with Gasteiger partial charge in [0.25, 0.3) is 5.91 Å². The third-order valence-electron chi connectivity index (χ3n) is 6.55. The summed E-state index contributed by atoms with van der Waals surface area (Å²) in [5.41, 5.74) is 4.49. The second-order valence-electron chi connectivity index (χ2n) is 9.06. The minimum atomic E-state index is -0.0236. The molecule has 0 atom stereocenters. The summed E-state index contributed by atoms with van der Waals surface area (Å²) in [7, 11) is 2.08. The number of benzene rings is 2. The summed E-state index contributed by atoms with van der Waals surface area (Å²) in [6.07, 6.45) is 4.54. The van der Waals surface area contributed by atoms with Gasteiger partial charge >= 0.3 is 0 Å². The number of hydrogen-bond donors (Lipinski definition) is 1. The van der Waals surface area contributed by atoms with E-state index in [9.17, 15) is 9.59 Å². The standard InChI is InChI=1S/C28H30N4O2S2/c1-4-29-21-15-14-20(18(2)33)16-22(21)30-28-32(17-19-10-6-5-7-11-19)26(34)25(36-28)27-31(3)23-12-8-9-13-24(23)35-27/h5-7,10-11,14-16,29H,4,8-9,12-13,17H2,1-3H3. The van der Waals surface area contributed by atoms with E-state index in [1.54, 1.807) is 29.7 Å². The number of hydrogen-bond acceptors (Lipinski definition) is 7. The van der Waals surface area contributed by atoms with E-state index in [1.165, 1.54) is 35.2 Å². The van der Waals surface area contributed by atoms with E-state index in [2.05, 4.69) is 17.3 Å². The van der Waals surface area contributed by atoms with E-state index in [-0.39, 0.29) is 11.7 Å². The van der Waals surface area contributed by atoms with E-state index >= 15 is 0 Å². The number of nitrogens with one attached hydrogen (secondary N) is 1. The molecule has 2 aromatic rings. The molecule has 6 nitrogen and oxygen atoms in total. The first-order chi connectivity index (χ1) is 17.5. The van der Waals surface area contributed by atoms with Gasteiger partial charge in [0, 0.05) is 29.8 Å². The summed E-state index contributed by atoms with van der Waals surface area (Å²) in [5.74, 6) is -0.0382. The predicted octanol–water partition coefficient (Wildman–Crippen LogP) is 6.72. The van der Waals surface area contributed by atoms with Crippen LogP contribution in [0.15, 0.2) is 74.1 Å². The van der Waals surface area contributed by atoms with Crippen LogP contribution in [0.5, 0.6) is 0 Å². The topological polar surface area (TPSA) is 65.0 Å². The Morgan fingerprint density at radius 1 is 1.08 bits per heavy atom. The Hall–Kier alpha value is -2.97. The minimum absolute atomic E-state index is 0.0146. The molecule has 2 aliphatic heterocycles. The first-order valence-corrected chi connectivity index (χ1v) is 14.0. The van der Waals surface area contributed by atoms with Gasteiger partial charge in [-0.1, -0.05) is 42.1 Å². The van der Waals surface area contributed by atoms with Crippen LogP contribution in [0.25, 0.3) is 0 Å². The highest BCUT2D eigenvalue weighted by molar-refractivity contribution is 8.19. The Balaban J connectivity index is 1.57. The van der Waals surface area contributed by atoms with Crippen LogP contribution in [0, 0.1) is 0 Å². The van der Waals surface area contributed by atoms with E-state index < -0.39 is 0 Å². The normalized spacial score (nSPS) is 21.0.